The minimum Gasteiger partial charge on any atom is -0.351 e. The minimum atomic E-state index is 0.106. The molecule has 0 atom stereocenters. The number of aromatic nitrogens is 1. The molecule has 1 aromatic carbocycles. The van der Waals surface area contributed by atoms with Crippen LogP contribution in [0.15, 0.2) is 24.3 Å². The zero-order valence-electron chi connectivity index (χ0n) is 14.1. The number of hydrogen-bond donors (Lipinski definition) is 1. The molecule has 2 aromatic rings. The van der Waals surface area contributed by atoms with Crippen molar-refractivity contribution in [3.05, 3.63) is 35.5 Å². The highest BCUT2D eigenvalue weighted by Gasteiger charge is 2.17. The van der Waals surface area contributed by atoms with Crippen molar-refractivity contribution in [2.24, 2.45) is 0 Å². The van der Waals surface area contributed by atoms with Gasteiger partial charge in [0.25, 0.3) is 5.91 Å². The molecule has 1 amide bonds. The van der Waals surface area contributed by atoms with E-state index in [2.05, 4.69) is 56.0 Å². The molecule has 0 aliphatic rings. The summed E-state index contributed by atoms with van der Waals surface area (Å²) in [4.78, 5) is 20.1. The molecule has 2 rings (SSSR count). The van der Waals surface area contributed by atoms with Crippen LogP contribution in [0.5, 0.6) is 0 Å². The highest BCUT2D eigenvalue weighted by Crippen LogP contribution is 2.18. The molecule has 0 radical (unpaired) electrons. The number of aryl methyl sites for hydroxylation is 1. The van der Waals surface area contributed by atoms with Crippen molar-refractivity contribution in [1.29, 1.82) is 0 Å². The number of carbonyl (C=O) groups excluding carboxylic acids is 1. The number of amides is 1. The standard InChI is InChI=1S/C18H27N3O/c1-5-9-21(11-6-10-20(3)4)18(22)17-13-15-8-7-14(2)12-16(15)19-17/h7-8,12-13,19H,5-6,9-11H2,1-4H3. The number of aromatic amines is 1. The molecule has 0 bridgehead atoms. The maximum atomic E-state index is 12.7. The normalized spacial score (nSPS) is 11.3. The quantitative estimate of drug-likeness (QED) is 0.852. The monoisotopic (exact) mass is 301 g/mol. The summed E-state index contributed by atoms with van der Waals surface area (Å²) in [5.74, 6) is 0.106. The summed E-state index contributed by atoms with van der Waals surface area (Å²) in [7, 11) is 4.12. The number of benzene rings is 1. The molecule has 0 spiro atoms. The molecule has 0 unspecified atom stereocenters. The fourth-order valence-corrected chi connectivity index (χ4v) is 2.69. The molecule has 22 heavy (non-hydrogen) atoms. The molecular weight excluding hydrogens is 274 g/mol. The molecule has 0 aliphatic carbocycles. The van der Waals surface area contributed by atoms with Crippen molar-refractivity contribution in [2.75, 3.05) is 33.7 Å². The largest absolute Gasteiger partial charge is 0.351 e. The minimum absolute atomic E-state index is 0.106. The highest BCUT2D eigenvalue weighted by molar-refractivity contribution is 5.98. The average molecular weight is 301 g/mol. The van der Waals surface area contributed by atoms with Crippen LogP contribution < -0.4 is 0 Å². The van der Waals surface area contributed by atoms with Crippen LogP contribution in [-0.2, 0) is 0 Å². The molecule has 120 valence electrons. The molecule has 4 heteroatoms. The third-order valence-corrected chi connectivity index (χ3v) is 3.82. The van der Waals surface area contributed by atoms with Gasteiger partial charge in [0.05, 0.1) is 0 Å². The van der Waals surface area contributed by atoms with E-state index in [1.165, 1.54) is 5.56 Å². The Bertz CT molecular complexity index is 630. The Hall–Kier alpha value is -1.81. The lowest BCUT2D eigenvalue weighted by molar-refractivity contribution is 0.0745. The van der Waals surface area contributed by atoms with E-state index in [-0.39, 0.29) is 5.91 Å². The Morgan fingerprint density at radius 2 is 1.91 bits per heavy atom. The lowest BCUT2D eigenvalue weighted by atomic mass is 10.2. The second kappa shape index (κ2) is 7.45. The van der Waals surface area contributed by atoms with E-state index in [1.54, 1.807) is 0 Å². The van der Waals surface area contributed by atoms with Crippen molar-refractivity contribution in [1.82, 2.24) is 14.8 Å². The van der Waals surface area contributed by atoms with Gasteiger partial charge in [-0.15, -0.1) is 0 Å². The maximum Gasteiger partial charge on any atom is 0.270 e. The number of nitrogens with zero attached hydrogens (tertiary/aromatic N) is 2. The first kappa shape index (κ1) is 16.6. The van der Waals surface area contributed by atoms with Gasteiger partial charge in [0.2, 0.25) is 0 Å². The van der Waals surface area contributed by atoms with Crippen LogP contribution in [0.1, 0.15) is 35.8 Å². The van der Waals surface area contributed by atoms with Crippen molar-refractivity contribution < 1.29 is 4.79 Å². The fourth-order valence-electron chi connectivity index (χ4n) is 2.69. The van der Waals surface area contributed by atoms with Gasteiger partial charge >= 0.3 is 0 Å². The van der Waals surface area contributed by atoms with Gasteiger partial charge in [0.1, 0.15) is 5.69 Å². The zero-order valence-corrected chi connectivity index (χ0v) is 14.1. The first-order chi connectivity index (χ1) is 10.5. The van der Waals surface area contributed by atoms with Gasteiger partial charge in [-0.1, -0.05) is 19.1 Å². The van der Waals surface area contributed by atoms with Crippen molar-refractivity contribution in [3.8, 4) is 0 Å². The average Bonchev–Trinajstić information content (AvgIpc) is 2.88. The van der Waals surface area contributed by atoms with Crippen LogP contribution in [-0.4, -0.2) is 54.4 Å². The molecule has 1 N–H and O–H groups in total. The van der Waals surface area contributed by atoms with E-state index in [0.29, 0.717) is 5.69 Å². The first-order valence-corrected chi connectivity index (χ1v) is 8.04. The summed E-state index contributed by atoms with van der Waals surface area (Å²) < 4.78 is 0. The number of rotatable bonds is 7. The third-order valence-electron chi connectivity index (χ3n) is 3.82. The van der Waals surface area contributed by atoms with Crippen LogP contribution >= 0.6 is 0 Å². The summed E-state index contributed by atoms with van der Waals surface area (Å²) in [5, 5.41) is 1.10. The van der Waals surface area contributed by atoms with Gasteiger partial charge in [-0.3, -0.25) is 4.79 Å². The van der Waals surface area contributed by atoms with Crippen LogP contribution in [0.25, 0.3) is 10.9 Å². The SMILES string of the molecule is CCCN(CCCN(C)C)C(=O)c1cc2ccc(C)cc2[nH]1. The van der Waals surface area contributed by atoms with E-state index in [9.17, 15) is 4.79 Å². The van der Waals surface area contributed by atoms with E-state index in [1.807, 2.05) is 11.0 Å². The Morgan fingerprint density at radius 3 is 2.59 bits per heavy atom. The molecule has 4 nitrogen and oxygen atoms in total. The van der Waals surface area contributed by atoms with E-state index < -0.39 is 0 Å². The Balaban J connectivity index is 2.13. The Morgan fingerprint density at radius 1 is 1.14 bits per heavy atom. The fraction of sp³-hybridized carbons (Fsp3) is 0.500. The van der Waals surface area contributed by atoms with Gasteiger partial charge < -0.3 is 14.8 Å². The van der Waals surface area contributed by atoms with E-state index in [4.69, 9.17) is 0 Å². The topological polar surface area (TPSA) is 39.3 Å². The lowest BCUT2D eigenvalue weighted by Crippen LogP contribution is -2.34. The van der Waals surface area contributed by atoms with Crippen molar-refractivity contribution in [2.45, 2.75) is 26.7 Å². The van der Waals surface area contributed by atoms with Gasteiger partial charge in [0, 0.05) is 24.0 Å². The van der Waals surface area contributed by atoms with Crippen LogP contribution in [0.3, 0.4) is 0 Å². The molecule has 1 heterocycles. The number of nitrogens with one attached hydrogen (secondary N) is 1. The summed E-state index contributed by atoms with van der Waals surface area (Å²) >= 11 is 0. The molecular formula is C18H27N3O. The second-order valence-corrected chi connectivity index (χ2v) is 6.22. The number of carbonyl (C=O) groups is 1. The summed E-state index contributed by atoms with van der Waals surface area (Å²) in [6, 6.07) is 8.19. The lowest BCUT2D eigenvalue weighted by Gasteiger charge is -2.22. The number of H-pyrrole nitrogens is 1. The summed E-state index contributed by atoms with van der Waals surface area (Å²) in [6.45, 7) is 6.78. The van der Waals surface area contributed by atoms with Gasteiger partial charge in [0.15, 0.2) is 0 Å². The molecule has 0 aliphatic heterocycles. The van der Waals surface area contributed by atoms with Crippen LogP contribution in [0.4, 0.5) is 0 Å². The van der Waals surface area contributed by atoms with Gasteiger partial charge in [-0.05, 0) is 58.1 Å². The maximum absolute atomic E-state index is 12.7. The number of fused-ring (bicyclic) bond motifs is 1. The predicted molar refractivity (Wildman–Crippen MR) is 92.4 cm³/mol. The van der Waals surface area contributed by atoms with Gasteiger partial charge in [-0.25, -0.2) is 0 Å². The predicted octanol–water partition coefficient (Wildman–Crippen LogP) is 3.28. The van der Waals surface area contributed by atoms with Crippen LogP contribution in [0, 0.1) is 6.92 Å². The smallest absolute Gasteiger partial charge is 0.270 e. The first-order valence-electron chi connectivity index (χ1n) is 8.04. The molecule has 0 fully saturated rings. The van der Waals surface area contributed by atoms with Crippen molar-refractivity contribution in [3.63, 3.8) is 0 Å². The Kier molecular flexibility index (Phi) is 5.61. The number of hydrogen-bond acceptors (Lipinski definition) is 2. The molecule has 0 saturated carbocycles. The zero-order chi connectivity index (χ0) is 16.1. The van der Waals surface area contributed by atoms with E-state index in [0.717, 1.165) is 43.4 Å². The van der Waals surface area contributed by atoms with E-state index >= 15 is 0 Å². The van der Waals surface area contributed by atoms with Crippen molar-refractivity contribution >= 4 is 16.8 Å². The molecule has 0 saturated heterocycles. The Labute approximate surface area is 133 Å². The summed E-state index contributed by atoms with van der Waals surface area (Å²) in [6.07, 6.45) is 1.98. The highest BCUT2D eigenvalue weighted by atomic mass is 16.2. The summed E-state index contributed by atoms with van der Waals surface area (Å²) in [5.41, 5.74) is 2.93. The van der Waals surface area contributed by atoms with Crippen LogP contribution in [0.2, 0.25) is 0 Å². The molecule has 1 aromatic heterocycles. The second-order valence-electron chi connectivity index (χ2n) is 6.22. The van der Waals surface area contributed by atoms with Gasteiger partial charge in [-0.2, -0.15) is 0 Å². The third kappa shape index (κ3) is 4.10.